The Kier molecular flexibility index (Phi) is 9.17. The lowest BCUT2D eigenvalue weighted by Gasteiger charge is -2.14. The van der Waals surface area contributed by atoms with Gasteiger partial charge in [-0.2, -0.15) is 0 Å². The van der Waals surface area contributed by atoms with E-state index in [1.807, 2.05) is 0 Å². The number of unbranched alkanes of at least 4 members (excludes halogenated alkanes) is 1. The first-order chi connectivity index (χ1) is 8.86. The normalized spacial score (nSPS) is 12.8. The van der Waals surface area contributed by atoms with E-state index in [-0.39, 0.29) is 0 Å². The molecule has 0 spiro atoms. The molecule has 1 unspecified atom stereocenters. The van der Waals surface area contributed by atoms with Gasteiger partial charge in [-0.25, -0.2) is 0 Å². The number of rotatable bonds is 11. The van der Waals surface area contributed by atoms with E-state index < -0.39 is 0 Å². The number of thiophene rings is 1. The van der Waals surface area contributed by atoms with Gasteiger partial charge in [0, 0.05) is 24.6 Å². The van der Waals surface area contributed by atoms with Crippen LogP contribution in [0.4, 0.5) is 0 Å². The third-order valence-electron chi connectivity index (χ3n) is 3.20. The molecule has 3 heteroatoms. The SMILES string of the molecule is CCCCC(CC)COCCNCc1cccs1. The number of hydrogen-bond donors (Lipinski definition) is 1. The molecule has 0 amide bonds. The number of ether oxygens (including phenoxy) is 1. The molecule has 0 saturated carbocycles. The largest absolute Gasteiger partial charge is 0.380 e. The lowest BCUT2D eigenvalue weighted by Crippen LogP contribution is -2.20. The van der Waals surface area contributed by atoms with Gasteiger partial charge in [-0.1, -0.05) is 39.2 Å². The Morgan fingerprint density at radius 1 is 1.39 bits per heavy atom. The second-order valence-electron chi connectivity index (χ2n) is 4.75. The molecule has 0 aliphatic carbocycles. The van der Waals surface area contributed by atoms with E-state index >= 15 is 0 Å². The molecular formula is C15H27NOS. The van der Waals surface area contributed by atoms with Crippen molar-refractivity contribution in [3.63, 3.8) is 0 Å². The Balaban J connectivity index is 1.93. The maximum absolute atomic E-state index is 5.74. The van der Waals surface area contributed by atoms with Crippen molar-refractivity contribution in [1.82, 2.24) is 5.32 Å². The first kappa shape index (κ1) is 15.7. The Bertz CT molecular complexity index is 274. The average Bonchev–Trinajstić information content (AvgIpc) is 2.90. The van der Waals surface area contributed by atoms with Crippen molar-refractivity contribution in [3.8, 4) is 0 Å². The highest BCUT2D eigenvalue weighted by atomic mass is 32.1. The van der Waals surface area contributed by atoms with Crippen LogP contribution in [-0.2, 0) is 11.3 Å². The Morgan fingerprint density at radius 3 is 2.94 bits per heavy atom. The topological polar surface area (TPSA) is 21.3 Å². The van der Waals surface area contributed by atoms with Gasteiger partial charge in [0.1, 0.15) is 0 Å². The molecule has 0 bridgehead atoms. The van der Waals surface area contributed by atoms with Crippen LogP contribution >= 0.6 is 11.3 Å². The van der Waals surface area contributed by atoms with E-state index in [2.05, 4.69) is 36.7 Å². The molecule has 1 atom stereocenters. The summed E-state index contributed by atoms with van der Waals surface area (Å²) < 4.78 is 5.74. The third-order valence-corrected chi connectivity index (χ3v) is 4.08. The van der Waals surface area contributed by atoms with Crippen LogP contribution in [0.1, 0.15) is 44.4 Å². The molecule has 0 radical (unpaired) electrons. The van der Waals surface area contributed by atoms with Gasteiger partial charge in [0.05, 0.1) is 6.61 Å². The molecule has 0 fully saturated rings. The highest BCUT2D eigenvalue weighted by Gasteiger charge is 2.05. The van der Waals surface area contributed by atoms with Crippen molar-refractivity contribution in [2.75, 3.05) is 19.8 Å². The van der Waals surface area contributed by atoms with Gasteiger partial charge >= 0.3 is 0 Å². The predicted octanol–water partition coefficient (Wildman–Crippen LogP) is 4.07. The van der Waals surface area contributed by atoms with Crippen LogP contribution < -0.4 is 5.32 Å². The van der Waals surface area contributed by atoms with Gasteiger partial charge in [0.25, 0.3) is 0 Å². The molecule has 18 heavy (non-hydrogen) atoms. The van der Waals surface area contributed by atoms with E-state index in [4.69, 9.17) is 4.74 Å². The summed E-state index contributed by atoms with van der Waals surface area (Å²) in [4.78, 5) is 1.39. The summed E-state index contributed by atoms with van der Waals surface area (Å²) in [6, 6.07) is 4.26. The molecule has 1 aromatic rings. The van der Waals surface area contributed by atoms with Crippen LogP contribution in [0.2, 0.25) is 0 Å². The van der Waals surface area contributed by atoms with Gasteiger partial charge in [-0.05, 0) is 23.8 Å². The van der Waals surface area contributed by atoms with E-state index in [0.717, 1.165) is 32.2 Å². The summed E-state index contributed by atoms with van der Waals surface area (Å²) in [5.41, 5.74) is 0. The van der Waals surface area contributed by atoms with Crippen LogP contribution in [0, 0.1) is 5.92 Å². The standard InChI is InChI=1S/C15H27NOS/c1-3-5-7-14(4-2)13-17-10-9-16-12-15-8-6-11-18-15/h6,8,11,14,16H,3-5,7,9-10,12-13H2,1-2H3. The van der Waals surface area contributed by atoms with E-state index in [1.165, 1.54) is 30.6 Å². The van der Waals surface area contributed by atoms with E-state index in [9.17, 15) is 0 Å². The first-order valence-corrected chi connectivity index (χ1v) is 8.05. The van der Waals surface area contributed by atoms with Gasteiger partial charge in [0.2, 0.25) is 0 Å². The van der Waals surface area contributed by atoms with Gasteiger partial charge in [-0.15, -0.1) is 11.3 Å². The zero-order valence-corrected chi connectivity index (χ0v) is 12.6. The predicted molar refractivity (Wildman–Crippen MR) is 80.2 cm³/mol. The van der Waals surface area contributed by atoms with Gasteiger partial charge < -0.3 is 10.1 Å². The molecule has 1 N–H and O–H groups in total. The summed E-state index contributed by atoms with van der Waals surface area (Å²) in [5.74, 6) is 0.752. The maximum atomic E-state index is 5.74. The first-order valence-electron chi connectivity index (χ1n) is 7.17. The second kappa shape index (κ2) is 10.5. The van der Waals surface area contributed by atoms with Crippen molar-refractivity contribution in [2.24, 2.45) is 5.92 Å². The molecule has 1 aromatic heterocycles. The zero-order valence-electron chi connectivity index (χ0n) is 11.8. The molecule has 104 valence electrons. The lowest BCUT2D eigenvalue weighted by molar-refractivity contribution is 0.0956. The van der Waals surface area contributed by atoms with Crippen molar-refractivity contribution in [2.45, 2.75) is 46.1 Å². The molecule has 2 nitrogen and oxygen atoms in total. The fourth-order valence-electron chi connectivity index (χ4n) is 1.92. The Hall–Kier alpha value is -0.380. The smallest absolute Gasteiger partial charge is 0.0591 e. The Labute approximate surface area is 116 Å². The van der Waals surface area contributed by atoms with Crippen LogP contribution in [0.25, 0.3) is 0 Å². The molecule has 0 aromatic carbocycles. The molecule has 0 saturated heterocycles. The molecule has 0 aliphatic rings. The van der Waals surface area contributed by atoms with Crippen LogP contribution in [0.3, 0.4) is 0 Å². The fraction of sp³-hybridized carbons (Fsp3) is 0.733. The quantitative estimate of drug-likeness (QED) is 0.611. The number of hydrogen-bond acceptors (Lipinski definition) is 3. The summed E-state index contributed by atoms with van der Waals surface area (Å²) in [6.07, 6.45) is 5.18. The zero-order chi connectivity index (χ0) is 13.1. The number of nitrogens with one attached hydrogen (secondary N) is 1. The molecular weight excluding hydrogens is 242 g/mol. The van der Waals surface area contributed by atoms with Crippen LogP contribution in [-0.4, -0.2) is 19.8 Å². The minimum absolute atomic E-state index is 0.752. The highest BCUT2D eigenvalue weighted by Crippen LogP contribution is 2.12. The van der Waals surface area contributed by atoms with E-state index in [0.29, 0.717) is 0 Å². The van der Waals surface area contributed by atoms with Crippen molar-refractivity contribution in [1.29, 1.82) is 0 Å². The Morgan fingerprint density at radius 2 is 2.28 bits per heavy atom. The van der Waals surface area contributed by atoms with Crippen LogP contribution in [0.15, 0.2) is 17.5 Å². The van der Waals surface area contributed by atoms with Gasteiger partial charge in [0.15, 0.2) is 0 Å². The molecule has 1 heterocycles. The van der Waals surface area contributed by atoms with Crippen molar-refractivity contribution >= 4 is 11.3 Å². The van der Waals surface area contributed by atoms with Gasteiger partial charge in [-0.3, -0.25) is 0 Å². The summed E-state index contributed by atoms with van der Waals surface area (Å²) in [7, 11) is 0. The minimum atomic E-state index is 0.752. The van der Waals surface area contributed by atoms with Crippen molar-refractivity contribution < 1.29 is 4.74 Å². The summed E-state index contributed by atoms with van der Waals surface area (Å²) in [6.45, 7) is 8.18. The maximum Gasteiger partial charge on any atom is 0.0591 e. The van der Waals surface area contributed by atoms with E-state index in [1.54, 1.807) is 11.3 Å². The average molecular weight is 269 g/mol. The summed E-state index contributed by atoms with van der Waals surface area (Å²) in [5, 5.41) is 5.53. The van der Waals surface area contributed by atoms with Crippen LogP contribution in [0.5, 0.6) is 0 Å². The highest BCUT2D eigenvalue weighted by molar-refractivity contribution is 7.09. The fourth-order valence-corrected chi connectivity index (χ4v) is 2.59. The summed E-state index contributed by atoms with van der Waals surface area (Å²) >= 11 is 1.80. The monoisotopic (exact) mass is 269 g/mol. The third kappa shape index (κ3) is 7.14. The van der Waals surface area contributed by atoms with Crippen molar-refractivity contribution in [3.05, 3.63) is 22.4 Å². The molecule has 0 aliphatic heterocycles. The minimum Gasteiger partial charge on any atom is -0.380 e. The lowest BCUT2D eigenvalue weighted by atomic mass is 10.0. The molecule has 1 rings (SSSR count). The second-order valence-corrected chi connectivity index (χ2v) is 5.78.